The van der Waals surface area contributed by atoms with Crippen molar-refractivity contribution in [2.75, 3.05) is 0 Å². The van der Waals surface area contributed by atoms with Gasteiger partial charge in [0.1, 0.15) is 6.04 Å². The molecule has 94 valence electrons. The Morgan fingerprint density at radius 2 is 2.18 bits per heavy atom. The van der Waals surface area contributed by atoms with Crippen LogP contribution in [-0.2, 0) is 16.6 Å². The van der Waals surface area contributed by atoms with Crippen LogP contribution in [-0.4, -0.2) is 53.7 Å². The van der Waals surface area contributed by atoms with Crippen LogP contribution in [0.2, 0.25) is 0 Å². The van der Waals surface area contributed by atoms with Gasteiger partial charge in [-0.05, 0) is 10.4 Å². The van der Waals surface area contributed by atoms with E-state index in [0.717, 1.165) is 11.8 Å². The van der Waals surface area contributed by atoms with Crippen molar-refractivity contribution >= 4 is 23.7 Å². The normalized spacial score (nSPS) is 14.2. The topological polar surface area (TPSA) is 144 Å². The molecule has 1 aromatic heterocycles. The molecule has 0 fully saturated rings. The number of nitrogens with two attached hydrogens (primary N) is 1. The van der Waals surface area contributed by atoms with Gasteiger partial charge in [-0.3, -0.25) is 9.59 Å². The quantitative estimate of drug-likeness (QED) is 0.524. The highest BCUT2D eigenvalue weighted by Crippen LogP contribution is 2.24. The number of nitrogens with zero attached hydrogens (tertiary/aromatic N) is 4. The summed E-state index contributed by atoms with van der Waals surface area (Å²) in [6.45, 7) is 0. The van der Waals surface area contributed by atoms with Crippen molar-refractivity contribution in [2.24, 2.45) is 12.8 Å². The lowest BCUT2D eigenvalue weighted by Gasteiger charge is -2.17. The van der Waals surface area contributed by atoms with Crippen molar-refractivity contribution in [3.05, 3.63) is 0 Å². The molecule has 4 N–H and O–H groups in total. The summed E-state index contributed by atoms with van der Waals surface area (Å²) in [7, 11) is 1.56. The minimum atomic E-state index is -1.30. The molecule has 0 aromatic carbocycles. The summed E-state index contributed by atoms with van der Waals surface area (Å²) >= 11 is 0.927. The molecule has 0 aliphatic heterocycles. The highest BCUT2D eigenvalue weighted by molar-refractivity contribution is 7.99. The third-order valence-corrected chi connectivity index (χ3v) is 3.22. The maximum Gasteiger partial charge on any atom is 0.321 e. The molecule has 17 heavy (non-hydrogen) atoms. The highest BCUT2D eigenvalue weighted by Gasteiger charge is 2.29. The highest BCUT2D eigenvalue weighted by atomic mass is 32.2. The van der Waals surface area contributed by atoms with Crippen molar-refractivity contribution in [3.8, 4) is 0 Å². The summed E-state index contributed by atoms with van der Waals surface area (Å²) in [6, 6.07) is -1.30. The van der Waals surface area contributed by atoms with Crippen LogP contribution < -0.4 is 5.73 Å². The fourth-order valence-corrected chi connectivity index (χ4v) is 2.06. The zero-order valence-corrected chi connectivity index (χ0v) is 9.66. The predicted molar refractivity (Wildman–Crippen MR) is 56.3 cm³/mol. The van der Waals surface area contributed by atoms with E-state index in [4.69, 9.17) is 15.9 Å². The van der Waals surface area contributed by atoms with Gasteiger partial charge in [-0.2, -0.15) is 0 Å². The Labute approximate surface area is 100.0 Å². The molecule has 0 spiro atoms. The molecule has 1 aromatic rings. The number of hydrogen-bond donors (Lipinski definition) is 3. The fourth-order valence-electron chi connectivity index (χ4n) is 1.03. The number of aromatic nitrogens is 4. The van der Waals surface area contributed by atoms with Crippen molar-refractivity contribution < 1.29 is 19.8 Å². The molecule has 0 aliphatic carbocycles. The van der Waals surface area contributed by atoms with Crippen LogP contribution in [0.25, 0.3) is 0 Å². The van der Waals surface area contributed by atoms with E-state index in [2.05, 4.69) is 15.5 Å². The first-order valence-electron chi connectivity index (χ1n) is 4.51. The van der Waals surface area contributed by atoms with E-state index in [1.54, 1.807) is 7.05 Å². The molecular weight excluding hydrogens is 250 g/mol. The summed E-state index contributed by atoms with van der Waals surface area (Å²) in [4.78, 5) is 21.4. The molecule has 0 aliphatic rings. The van der Waals surface area contributed by atoms with Gasteiger partial charge in [0.15, 0.2) is 0 Å². The Bertz CT molecular complexity index is 422. The van der Waals surface area contributed by atoms with Crippen LogP contribution >= 0.6 is 11.8 Å². The third kappa shape index (κ3) is 3.67. The van der Waals surface area contributed by atoms with E-state index in [9.17, 15) is 9.59 Å². The van der Waals surface area contributed by atoms with Gasteiger partial charge in [0, 0.05) is 12.3 Å². The Balaban J connectivity index is 2.80. The largest absolute Gasteiger partial charge is 0.481 e. The molecule has 1 heterocycles. The Hall–Kier alpha value is -1.68. The minimum absolute atomic E-state index is 0.313. The van der Waals surface area contributed by atoms with Crippen molar-refractivity contribution in [2.45, 2.75) is 22.9 Å². The van der Waals surface area contributed by atoms with Gasteiger partial charge in [-0.25, -0.2) is 4.68 Å². The first kappa shape index (κ1) is 13.4. The first-order chi connectivity index (χ1) is 7.91. The van der Waals surface area contributed by atoms with Crippen LogP contribution in [0.4, 0.5) is 0 Å². The lowest BCUT2D eigenvalue weighted by atomic mass is 10.1. The SMILES string of the molecule is Cn1nnnc1SC(CC(=O)O)C(N)C(=O)O. The second-order valence-electron chi connectivity index (χ2n) is 3.20. The van der Waals surface area contributed by atoms with Crippen molar-refractivity contribution in [1.29, 1.82) is 0 Å². The smallest absolute Gasteiger partial charge is 0.321 e. The molecule has 0 radical (unpaired) electrons. The van der Waals surface area contributed by atoms with Gasteiger partial charge in [0.2, 0.25) is 5.16 Å². The molecule has 2 atom stereocenters. The Kier molecular flexibility index (Phi) is 4.40. The third-order valence-electron chi connectivity index (χ3n) is 1.90. The summed E-state index contributed by atoms with van der Waals surface area (Å²) in [6.07, 6.45) is -0.384. The van der Waals surface area contributed by atoms with E-state index in [1.165, 1.54) is 4.68 Å². The Morgan fingerprint density at radius 3 is 2.59 bits per heavy atom. The average Bonchev–Trinajstić information content (AvgIpc) is 2.61. The van der Waals surface area contributed by atoms with Crippen LogP contribution in [0.1, 0.15) is 6.42 Å². The summed E-state index contributed by atoms with van der Waals surface area (Å²) in [5.74, 6) is -2.40. The summed E-state index contributed by atoms with van der Waals surface area (Å²) in [5.41, 5.74) is 5.41. The number of aliphatic carboxylic acids is 2. The molecule has 9 nitrogen and oxygen atoms in total. The fraction of sp³-hybridized carbons (Fsp3) is 0.571. The second kappa shape index (κ2) is 5.59. The molecule has 0 saturated carbocycles. The maximum absolute atomic E-state index is 10.7. The first-order valence-corrected chi connectivity index (χ1v) is 5.39. The van der Waals surface area contributed by atoms with Gasteiger partial charge >= 0.3 is 11.9 Å². The van der Waals surface area contributed by atoms with E-state index in [1.807, 2.05) is 0 Å². The number of hydrogen-bond acceptors (Lipinski definition) is 7. The molecular formula is C7H11N5O4S. The average molecular weight is 261 g/mol. The zero-order valence-electron chi connectivity index (χ0n) is 8.85. The molecule has 0 bridgehead atoms. The maximum atomic E-state index is 10.7. The number of aryl methyl sites for hydroxylation is 1. The molecule has 1 rings (SSSR count). The van der Waals surface area contributed by atoms with Crippen LogP contribution in [0.5, 0.6) is 0 Å². The van der Waals surface area contributed by atoms with Gasteiger partial charge in [-0.15, -0.1) is 5.10 Å². The number of thioether (sulfide) groups is 1. The zero-order chi connectivity index (χ0) is 13.0. The molecule has 0 amide bonds. The summed E-state index contributed by atoms with van der Waals surface area (Å²) in [5, 5.41) is 27.5. The minimum Gasteiger partial charge on any atom is -0.481 e. The molecule has 2 unspecified atom stereocenters. The number of carboxylic acid groups (broad SMARTS) is 2. The van der Waals surface area contributed by atoms with E-state index < -0.39 is 23.2 Å². The van der Waals surface area contributed by atoms with Gasteiger partial charge in [-0.1, -0.05) is 11.8 Å². The standard InChI is InChI=1S/C7H11N5O4S/c1-12-7(9-10-11-12)17-3(2-4(13)14)5(8)6(15)16/h3,5H,2,8H2,1H3,(H,13,14)(H,15,16). The van der Waals surface area contributed by atoms with Gasteiger partial charge in [0.25, 0.3) is 0 Å². The number of carboxylic acids is 2. The molecule has 0 saturated heterocycles. The lowest BCUT2D eigenvalue weighted by molar-refractivity contribution is -0.139. The predicted octanol–water partition coefficient (Wildman–Crippen LogP) is -1.44. The Morgan fingerprint density at radius 1 is 1.53 bits per heavy atom. The number of carbonyl (C=O) groups is 2. The van der Waals surface area contributed by atoms with Gasteiger partial charge < -0.3 is 15.9 Å². The summed E-state index contributed by atoms with van der Waals surface area (Å²) < 4.78 is 1.31. The van der Waals surface area contributed by atoms with Gasteiger partial charge in [0.05, 0.1) is 6.42 Å². The van der Waals surface area contributed by atoms with Crippen molar-refractivity contribution in [1.82, 2.24) is 20.2 Å². The van der Waals surface area contributed by atoms with Crippen molar-refractivity contribution in [3.63, 3.8) is 0 Å². The van der Waals surface area contributed by atoms with Crippen LogP contribution in [0.15, 0.2) is 5.16 Å². The second-order valence-corrected chi connectivity index (χ2v) is 4.41. The lowest BCUT2D eigenvalue weighted by Crippen LogP contribution is -2.41. The number of tetrazole rings is 1. The van der Waals surface area contributed by atoms with E-state index in [-0.39, 0.29) is 6.42 Å². The van der Waals surface area contributed by atoms with E-state index in [0.29, 0.717) is 5.16 Å². The molecule has 10 heteroatoms. The van der Waals surface area contributed by atoms with Crippen LogP contribution in [0.3, 0.4) is 0 Å². The number of rotatable bonds is 6. The monoisotopic (exact) mass is 261 g/mol. The van der Waals surface area contributed by atoms with Crippen LogP contribution in [0, 0.1) is 0 Å². The van der Waals surface area contributed by atoms with E-state index >= 15 is 0 Å².